The fourth-order valence-electron chi connectivity index (χ4n) is 3.47. The zero-order valence-electron chi connectivity index (χ0n) is 12.4. The summed E-state index contributed by atoms with van der Waals surface area (Å²) in [7, 11) is 0. The molecule has 2 aliphatic rings. The number of aryl methyl sites for hydroxylation is 1. The Balaban J connectivity index is 1.41. The third kappa shape index (κ3) is 3.61. The average molecular weight is 294 g/mol. The number of hydrogen-bond acceptors (Lipinski definition) is 4. The Morgan fingerprint density at radius 1 is 1.35 bits per heavy atom. The summed E-state index contributed by atoms with van der Waals surface area (Å²) >= 11 is 1.90. The largest absolute Gasteiger partial charge is 0.375 e. The Labute approximate surface area is 126 Å². The summed E-state index contributed by atoms with van der Waals surface area (Å²) < 4.78 is 5.93. The molecule has 20 heavy (non-hydrogen) atoms. The molecule has 1 saturated heterocycles. The van der Waals surface area contributed by atoms with Gasteiger partial charge in [-0.15, -0.1) is 11.3 Å². The molecule has 1 aromatic rings. The zero-order valence-corrected chi connectivity index (χ0v) is 13.3. The first-order chi connectivity index (χ1) is 9.83. The van der Waals surface area contributed by atoms with E-state index in [2.05, 4.69) is 29.3 Å². The van der Waals surface area contributed by atoms with Crippen LogP contribution in [0, 0.1) is 6.92 Å². The van der Waals surface area contributed by atoms with Crippen molar-refractivity contribution in [2.24, 2.45) is 0 Å². The normalized spacial score (nSPS) is 27.4. The van der Waals surface area contributed by atoms with Crippen molar-refractivity contribution in [2.75, 3.05) is 26.2 Å². The third-order valence-electron chi connectivity index (χ3n) is 4.52. The molecule has 1 aliphatic carbocycles. The number of thiophene rings is 1. The zero-order chi connectivity index (χ0) is 13.8. The Bertz CT molecular complexity index is 418. The molecule has 1 aliphatic heterocycles. The van der Waals surface area contributed by atoms with E-state index in [4.69, 9.17) is 4.74 Å². The first-order valence-corrected chi connectivity index (χ1v) is 8.76. The maximum atomic E-state index is 5.93. The molecule has 0 spiro atoms. The van der Waals surface area contributed by atoms with Gasteiger partial charge in [0, 0.05) is 42.0 Å². The van der Waals surface area contributed by atoms with Crippen LogP contribution < -0.4 is 5.32 Å². The highest BCUT2D eigenvalue weighted by Gasteiger charge is 2.33. The van der Waals surface area contributed by atoms with Crippen LogP contribution in [0.4, 0.5) is 0 Å². The molecule has 2 unspecified atom stereocenters. The van der Waals surface area contributed by atoms with Crippen LogP contribution in [0.3, 0.4) is 0 Å². The number of ether oxygens (including phenoxy) is 1. The van der Waals surface area contributed by atoms with Gasteiger partial charge in [0.2, 0.25) is 0 Å². The molecule has 3 nitrogen and oxygen atoms in total. The van der Waals surface area contributed by atoms with E-state index in [0.717, 1.165) is 32.8 Å². The summed E-state index contributed by atoms with van der Waals surface area (Å²) in [5.74, 6) is 0. The minimum Gasteiger partial charge on any atom is -0.375 e. The Kier molecular flexibility index (Phi) is 5.10. The first kappa shape index (κ1) is 14.5. The number of morpholine rings is 1. The molecule has 0 amide bonds. The summed E-state index contributed by atoms with van der Waals surface area (Å²) in [6, 6.07) is 5.12. The highest BCUT2D eigenvalue weighted by atomic mass is 32.1. The smallest absolute Gasteiger partial charge is 0.0730 e. The molecule has 0 aromatic carbocycles. The predicted molar refractivity (Wildman–Crippen MR) is 84.3 cm³/mol. The molecular formula is C16H26N2OS. The van der Waals surface area contributed by atoms with Crippen LogP contribution in [0.15, 0.2) is 12.1 Å². The van der Waals surface area contributed by atoms with Gasteiger partial charge in [0.05, 0.1) is 12.7 Å². The van der Waals surface area contributed by atoms with Crippen LogP contribution in [0.2, 0.25) is 0 Å². The van der Waals surface area contributed by atoms with Crippen LogP contribution >= 0.6 is 11.3 Å². The Morgan fingerprint density at radius 3 is 3.10 bits per heavy atom. The van der Waals surface area contributed by atoms with Gasteiger partial charge in [-0.1, -0.05) is 12.8 Å². The standard InChI is InChI=1S/C16H26N2OS/c1-13-6-7-14(20-13)12-17-8-9-18-10-11-19-16-5-3-2-4-15(16)18/h6-7,15-17H,2-5,8-12H2,1H3. The second kappa shape index (κ2) is 7.03. The molecule has 4 heteroatoms. The lowest BCUT2D eigenvalue weighted by Crippen LogP contribution is -2.54. The lowest BCUT2D eigenvalue weighted by molar-refractivity contribution is -0.0873. The average Bonchev–Trinajstić information content (AvgIpc) is 2.89. The molecule has 0 radical (unpaired) electrons. The van der Waals surface area contributed by atoms with Crippen molar-refractivity contribution in [3.05, 3.63) is 21.9 Å². The van der Waals surface area contributed by atoms with Crippen molar-refractivity contribution in [2.45, 2.75) is 51.3 Å². The highest BCUT2D eigenvalue weighted by molar-refractivity contribution is 7.11. The molecule has 0 bridgehead atoms. The Morgan fingerprint density at radius 2 is 2.25 bits per heavy atom. The van der Waals surface area contributed by atoms with E-state index in [1.807, 2.05) is 11.3 Å². The van der Waals surface area contributed by atoms with E-state index < -0.39 is 0 Å². The van der Waals surface area contributed by atoms with E-state index in [-0.39, 0.29) is 0 Å². The fraction of sp³-hybridized carbons (Fsp3) is 0.750. The summed E-state index contributed by atoms with van der Waals surface area (Å²) in [5, 5.41) is 3.59. The number of nitrogens with zero attached hydrogens (tertiary/aromatic N) is 1. The van der Waals surface area contributed by atoms with Crippen molar-refractivity contribution in [3.63, 3.8) is 0 Å². The van der Waals surface area contributed by atoms with Crippen molar-refractivity contribution < 1.29 is 4.74 Å². The van der Waals surface area contributed by atoms with Gasteiger partial charge in [-0.05, 0) is 31.9 Å². The van der Waals surface area contributed by atoms with Gasteiger partial charge in [-0.3, -0.25) is 4.90 Å². The van der Waals surface area contributed by atoms with Gasteiger partial charge >= 0.3 is 0 Å². The lowest BCUT2D eigenvalue weighted by Gasteiger charge is -2.43. The minimum atomic E-state index is 0.512. The lowest BCUT2D eigenvalue weighted by atomic mass is 9.90. The van der Waals surface area contributed by atoms with Gasteiger partial charge < -0.3 is 10.1 Å². The molecule has 1 saturated carbocycles. The van der Waals surface area contributed by atoms with E-state index in [1.165, 1.54) is 35.4 Å². The topological polar surface area (TPSA) is 24.5 Å². The summed E-state index contributed by atoms with van der Waals surface area (Å²) in [5.41, 5.74) is 0. The Hall–Kier alpha value is -0.420. The molecule has 2 fully saturated rings. The SMILES string of the molecule is Cc1ccc(CNCCN2CCOC3CCCCC32)s1. The van der Waals surface area contributed by atoms with Crippen molar-refractivity contribution >= 4 is 11.3 Å². The molecule has 1 aromatic heterocycles. The van der Waals surface area contributed by atoms with Crippen LogP contribution in [0.5, 0.6) is 0 Å². The van der Waals surface area contributed by atoms with E-state index in [9.17, 15) is 0 Å². The summed E-state index contributed by atoms with van der Waals surface area (Å²) in [4.78, 5) is 5.50. The predicted octanol–water partition coefficient (Wildman–Crippen LogP) is 2.79. The molecule has 112 valence electrons. The van der Waals surface area contributed by atoms with Gasteiger partial charge in [0.15, 0.2) is 0 Å². The maximum absolute atomic E-state index is 5.93. The van der Waals surface area contributed by atoms with Crippen molar-refractivity contribution in [1.29, 1.82) is 0 Å². The van der Waals surface area contributed by atoms with Crippen LogP contribution in [0.1, 0.15) is 35.4 Å². The van der Waals surface area contributed by atoms with Gasteiger partial charge in [0.25, 0.3) is 0 Å². The molecule has 1 N–H and O–H groups in total. The van der Waals surface area contributed by atoms with Gasteiger partial charge in [-0.2, -0.15) is 0 Å². The van der Waals surface area contributed by atoms with E-state index >= 15 is 0 Å². The molecule has 3 rings (SSSR count). The quantitative estimate of drug-likeness (QED) is 0.845. The third-order valence-corrected chi connectivity index (χ3v) is 5.52. The van der Waals surface area contributed by atoms with Crippen molar-refractivity contribution in [1.82, 2.24) is 10.2 Å². The molecule has 2 heterocycles. The van der Waals surface area contributed by atoms with Gasteiger partial charge in [-0.25, -0.2) is 0 Å². The number of nitrogens with one attached hydrogen (secondary N) is 1. The van der Waals surface area contributed by atoms with E-state index in [0.29, 0.717) is 12.1 Å². The minimum absolute atomic E-state index is 0.512. The second-order valence-electron chi connectivity index (χ2n) is 5.99. The van der Waals surface area contributed by atoms with Crippen LogP contribution in [0.25, 0.3) is 0 Å². The van der Waals surface area contributed by atoms with Crippen molar-refractivity contribution in [3.8, 4) is 0 Å². The molecular weight excluding hydrogens is 268 g/mol. The maximum Gasteiger partial charge on any atom is 0.0730 e. The summed E-state index contributed by atoms with van der Waals surface area (Å²) in [6.07, 6.45) is 5.84. The van der Waals surface area contributed by atoms with E-state index in [1.54, 1.807) is 0 Å². The first-order valence-electron chi connectivity index (χ1n) is 7.94. The van der Waals surface area contributed by atoms with Gasteiger partial charge in [0.1, 0.15) is 0 Å². The number of hydrogen-bond donors (Lipinski definition) is 1. The number of rotatable bonds is 5. The summed E-state index contributed by atoms with van der Waals surface area (Å²) in [6.45, 7) is 7.46. The number of fused-ring (bicyclic) bond motifs is 1. The highest BCUT2D eigenvalue weighted by Crippen LogP contribution is 2.28. The second-order valence-corrected chi connectivity index (χ2v) is 7.36. The fourth-order valence-corrected chi connectivity index (χ4v) is 4.33. The molecule has 2 atom stereocenters. The van der Waals surface area contributed by atoms with Crippen LogP contribution in [-0.4, -0.2) is 43.3 Å². The monoisotopic (exact) mass is 294 g/mol. The van der Waals surface area contributed by atoms with Crippen LogP contribution in [-0.2, 0) is 11.3 Å².